The Bertz CT molecular complexity index is 214. The largest absolute Gasteiger partial charge is 0.350 e. The van der Waals surface area contributed by atoms with Gasteiger partial charge in [-0.1, -0.05) is 0 Å². The Labute approximate surface area is 54.9 Å². The highest BCUT2D eigenvalue weighted by molar-refractivity contribution is 7.91. The van der Waals surface area contributed by atoms with Crippen LogP contribution in [0.15, 0.2) is 0 Å². The first-order chi connectivity index (χ1) is 3.84. The molecule has 1 saturated heterocycles. The molecule has 0 amide bonds. The Morgan fingerprint density at radius 2 is 1.78 bits per heavy atom. The fourth-order valence-corrected chi connectivity index (χ4v) is 2.30. The minimum Gasteiger partial charge on any atom is -0.350 e. The molecule has 9 heavy (non-hydrogen) atoms. The van der Waals surface area contributed by atoms with Crippen molar-refractivity contribution in [1.29, 1.82) is 0 Å². The van der Waals surface area contributed by atoms with E-state index in [-0.39, 0.29) is 0 Å². The van der Waals surface area contributed by atoms with Gasteiger partial charge in [0.15, 0.2) is 15.3 Å². The van der Waals surface area contributed by atoms with Crippen molar-refractivity contribution in [2.75, 3.05) is 6.26 Å². The molecule has 0 aliphatic carbocycles. The lowest BCUT2D eigenvalue weighted by Gasteiger charge is -1.90. The average molecular weight is 150 g/mol. The normalized spacial score (nSPS) is 32.1. The Kier molecular flexibility index (Phi) is 1.16. The maximum absolute atomic E-state index is 10.7. The highest BCUT2D eigenvalue weighted by Crippen LogP contribution is 2.38. The molecule has 0 aromatic carbocycles. The van der Waals surface area contributed by atoms with Crippen LogP contribution < -0.4 is 0 Å². The zero-order valence-electron chi connectivity index (χ0n) is 5.71. The van der Waals surface area contributed by atoms with E-state index in [0.29, 0.717) is 0 Å². The zero-order valence-corrected chi connectivity index (χ0v) is 6.53. The van der Waals surface area contributed by atoms with Gasteiger partial charge in [0, 0.05) is 6.26 Å². The first-order valence-electron chi connectivity index (χ1n) is 2.71. The Morgan fingerprint density at radius 1 is 1.44 bits per heavy atom. The third-order valence-corrected chi connectivity index (χ3v) is 2.75. The van der Waals surface area contributed by atoms with Gasteiger partial charge in [0.25, 0.3) is 0 Å². The molecule has 4 heteroatoms. The molecule has 0 aromatic rings. The van der Waals surface area contributed by atoms with E-state index in [2.05, 4.69) is 0 Å². The molecule has 1 aliphatic heterocycles. The van der Waals surface area contributed by atoms with Gasteiger partial charge in [-0.2, -0.15) is 0 Å². The molecule has 1 atom stereocenters. The molecule has 1 fully saturated rings. The Hall–Kier alpha value is -0.0900. The smallest absolute Gasteiger partial charge is 0.187 e. The van der Waals surface area contributed by atoms with Crippen molar-refractivity contribution in [3.8, 4) is 0 Å². The minimum atomic E-state index is -2.96. The van der Waals surface area contributed by atoms with E-state index >= 15 is 0 Å². The van der Waals surface area contributed by atoms with Crippen LogP contribution in [0.2, 0.25) is 0 Å². The summed E-state index contributed by atoms with van der Waals surface area (Å²) >= 11 is 0. The summed E-state index contributed by atoms with van der Waals surface area (Å²) < 4.78 is 26.2. The molecule has 0 unspecified atom stereocenters. The van der Waals surface area contributed by atoms with Crippen LogP contribution >= 0.6 is 0 Å². The van der Waals surface area contributed by atoms with E-state index in [1.807, 2.05) is 0 Å². The second-order valence-corrected chi connectivity index (χ2v) is 4.97. The van der Waals surface area contributed by atoms with Gasteiger partial charge in [-0.05, 0) is 13.8 Å². The highest BCUT2D eigenvalue weighted by Gasteiger charge is 2.54. The van der Waals surface area contributed by atoms with Gasteiger partial charge in [0.2, 0.25) is 0 Å². The van der Waals surface area contributed by atoms with Gasteiger partial charge in [-0.15, -0.1) is 0 Å². The molecule has 0 spiro atoms. The summed E-state index contributed by atoms with van der Waals surface area (Å²) in [5.41, 5.74) is -1.00. The SMILES string of the molecule is CC1(C)O[C@@H]1S(C)(=O)=O. The monoisotopic (exact) mass is 150 g/mol. The molecule has 0 aromatic heterocycles. The van der Waals surface area contributed by atoms with Crippen molar-refractivity contribution in [1.82, 2.24) is 0 Å². The third kappa shape index (κ3) is 1.24. The van der Waals surface area contributed by atoms with Crippen LogP contribution in [0, 0.1) is 0 Å². The summed E-state index contributed by atoms with van der Waals surface area (Å²) in [6.45, 7) is 3.53. The lowest BCUT2D eigenvalue weighted by molar-refractivity contribution is 0.337. The van der Waals surface area contributed by atoms with E-state index in [9.17, 15) is 8.42 Å². The van der Waals surface area contributed by atoms with Crippen LogP contribution in [-0.4, -0.2) is 25.7 Å². The van der Waals surface area contributed by atoms with E-state index in [1.54, 1.807) is 13.8 Å². The van der Waals surface area contributed by atoms with Gasteiger partial charge in [0.1, 0.15) is 5.60 Å². The molecular formula is C5H10O3S. The molecule has 0 saturated carbocycles. The van der Waals surface area contributed by atoms with Gasteiger partial charge in [-0.25, -0.2) is 8.42 Å². The van der Waals surface area contributed by atoms with Gasteiger partial charge in [0.05, 0.1) is 0 Å². The lowest BCUT2D eigenvalue weighted by atomic mass is 10.3. The highest BCUT2D eigenvalue weighted by atomic mass is 32.2. The quantitative estimate of drug-likeness (QED) is 0.500. The standard InChI is InChI=1S/C5H10O3S/c1-5(2)4(8-5)9(3,6)7/h4H,1-3H3/t4-/m1/s1. The maximum atomic E-state index is 10.7. The lowest BCUT2D eigenvalue weighted by Crippen LogP contribution is -2.12. The van der Waals surface area contributed by atoms with Crippen molar-refractivity contribution in [3.63, 3.8) is 0 Å². The number of rotatable bonds is 1. The summed E-state index contributed by atoms with van der Waals surface area (Å²) in [5.74, 6) is 0. The third-order valence-electron chi connectivity index (χ3n) is 1.31. The van der Waals surface area contributed by atoms with Crippen LogP contribution in [0.3, 0.4) is 0 Å². The summed E-state index contributed by atoms with van der Waals surface area (Å²) in [6, 6.07) is 0. The molecule has 1 aliphatic rings. The number of ether oxygens (including phenoxy) is 1. The van der Waals surface area contributed by atoms with Gasteiger partial charge < -0.3 is 4.74 Å². The van der Waals surface area contributed by atoms with E-state index in [0.717, 1.165) is 0 Å². The topological polar surface area (TPSA) is 46.7 Å². The number of hydrogen-bond donors (Lipinski definition) is 0. The summed E-state index contributed by atoms with van der Waals surface area (Å²) in [4.78, 5) is 0. The van der Waals surface area contributed by atoms with Crippen molar-refractivity contribution < 1.29 is 13.2 Å². The Balaban J connectivity index is 2.75. The summed E-state index contributed by atoms with van der Waals surface area (Å²) in [6.07, 6.45) is 1.19. The summed E-state index contributed by atoms with van der Waals surface area (Å²) in [5, 5.41) is 0. The molecule has 0 bridgehead atoms. The van der Waals surface area contributed by atoms with Crippen molar-refractivity contribution in [2.45, 2.75) is 24.9 Å². The van der Waals surface area contributed by atoms with Crippen LogP contribution in [0.4, 0.5) is 0 Å². The molecule has 0 radical (unpaired) electrons. The van der Waals surface area contributed by atoms with Crippen molar-refractivity contribution >= 4 is 9.84 Å². The number of sulfone groups is 1. The second kappa shape index (κ2) is 1.49. The second-order valence-electron chi connectivity index (χ2n) is 2.88. The van der Waals surface area contributed by atoms with Crippen LogP contribution in [0.25, 0.3) is 0 Å². The van der Waals surface area contributed by atoms with Crippen LogP contribution in [0.1, 0.15) is 13.8 Å². The molecule has 54 valence electrons. The van der Waals surface area contributed by atoms with Gasteiger partial charge in [-0.3, -0.25) is 0 Å². The number of hydrogen-bond acceptors (Lipinski definition) is 3. The molecule has 1 heterocycles. The predicted octanol–water partition coefficient (Wildman–Crippen LogP) is 0.166. The van der Waals surface area contributed by atoms with E-state index < -0.39 is 20.9 Å². The van der Waals surface area contributed by atoms with Gasteiger partial charge >= 0.3 is 0 Å². The van der Waals surface area contributed by atoms with E-state index in [1.165, 1.54) is 6.26 Å². The molecule has 1 rings (SSSR count). The zero-order chi connectivity index (χ0) is 7.28. The fraction of sp³-hybridized carbons (Fsp3) is 1.00. The van der Waals surface area contributed by atoms with Crippen LogP contribution in [-0.2, 0) is 14.6 Å². The predicted molar refractivity (Wildman–Crippen MR) is 33.8 cm³/mol. The molecule has 0 N–H and O–H groups in total. The maximum Gasteiger partial charge on any atom is 0.187 e. The summed E-state index contributed by atoms with van der Waals surface area (Å²) in [7, 11) is -2.96. The minimum absolute atomic E-state index is 0.437. The first kappa shape index (κ1) is 7.02. The van der Waals surface area contributed by atoms with E-state index in [4.69, 9.17) is 4.74 Å². The van der Waals surface area contributed by atoms with Crippen molar-refractivity contribution in [2.24, 2.45) is 0 Å². The Morgan fingerprint density at radius 3 is 1.78 bits per heavy atom. The molecular weight excluding hydrogens is 140 g/mol. The average Bonchev–Trinajstić information content (AvgIpc) is 2.10. The van der Waals surface area contributed by atoms with Crippen LogP contribution in [0.5, 0.6) is 0 Å². The fourth-order valence-electron chi connectivity index (χ4n) is 0.845. The first-order valence-corrected chi connectivity index (χ1v) is 4.66. The molecule has 3 nitrogen and oxygen atoms in total. The van der Waals surface area contributed by atoms with Crippen molar-refractivity contribution in [3.05, 3.63) is 0 Å². The number of epoxide rings is 1.